The van der Waals surface area contributed by atoms with Crippen LogP contribution in [-0.2, 0) is 23.7 Å². The lowest BCUT2D eigenvalue weighted by atomic mass is 10.2. The van der Waals surface area contributed by atoms with E-state index in [-0.39, 0.29) is 32.3 Å². The van der Waals surface area contributed by atoms with Gasteiger partial charge in [0.25, 0.3) is 0 Å². The number of nitrogens with zero attached hydrogens (tertiary/aromatic N) is 7. The van der Waals surface area contributed by atoms with Crippen LogP contribution in [0.25, 0.3) is 10.4 Å². The van der Waals surface area contributed by atoms with Gasteiger partial charge in [0.1, 0.15) is 11.2 Å². The standard InChI is InChI=1S/C22H37N7O7/c1-21(2,3)35-19(30)26-18(29-10-7-8-25-29)28(20(31)36-22(4,5)6)11-13-33-15-17-34-16-14-32-12-9-24-27-23/h7-8,10H,9,11-17H2,1-6H3/b26-18+. The fourth-order valence-corrected chi connectivity index (χ4v) is 2.43. The first-order valence-electron chi connectivity index (χ1n) is 11.5. The molecule has 0 saturated carbocycles. The highest BCUT2D eigenvalue weighted by atomic mass is 16.6. The van der Waals surface area contributed by atoms with Gasteiger partial charge in [0.15, 0.2) is 0 Å². The molecule has 1 heterocycles. The molecule has 202 valence electrons. The number of carbonyl (C=O) groups excluding carboxylic acids is 2. The van der Waals surface area contributed by atoms with Gasteiger partial charge in [-0.1, -0.05) is 5.11 Å². The van der Waals surface area contributed by atoms with Gasteiger partial charge >= 0.3 is 12.2 Å². The minimum Gasteiger partial charge on any atom is -0.443 e. The molecule has 0 fully saturated rings. The topological polar surface area (TPSA) is 162 Å². The monoisotopic (exact) mass is 511 g/mol. The highest BCUT2D eigenvalue weighted by Gasteiger charge is 2.29. The van der Waals surface area contributed by atoms with Crippen LogP contribution >= 0.6 is 0 Å². The number of amides is 2. The number of aliphatic imine (C=N–C) groups is 1. The minimum atomic E-state index is -0.877. The third-order valence-electron chi connectivity index (χ3n) is 3.75. The smallest absolute Gasteiger partial charge is 0.437 e. The van der Waals surface area contributed by atoms with Crippen molar-refractivity contribution in [2.75, 3.05) is 52.7 Å². The maximum atomic E-state index is 13.0. The van der Waals surface area contributed by atoms with Gasteiger partial charge in [0.2, 0.25) is 5.96 Å². The minimum absolute atomic E-state index is 0.0267. The van der Waals surface area contributed by atoms with Crippen molar-refractivity contribution in [2.24, 2.45) is 10.1 Å². The fourth-order valence-electron chi connectivity index (χ4n) is 2.43. The second-order valence-corrected chi connectivity index (χ2v) is 9.27. The first-order valence-corrected chi connectivity index (χ1v) is 11.5. The number of hydrogen-bond acceptors (Lipinski definition) is 9. The van der Waals surface area contributed by atoms with Gasteiger partial charge in [-0.2, -0.15) is 5.10 Å². The van der Waals surface area contributed by atoms with Crippen LogP contribution in [0.1, 0.15) is 41.5 Å². The van der Waals surface area contributed by atoms with Crippen LogP contribution in [0.4, 0.5) is 9.59 Å². The molecule has 2 amide bonds. The van der Waals surface area contributed by atoms with E-state index in [0.717, 1.165) is 0 Å². The molecule has 0 unspecified atom stereocenters. The van der Waals surface area contributed by atoms with E-state index < -0.39 is 23.4 Å². The Bertz CT molecular complexity index is 870. The molecule has 0 aliphatic rings. The lowest BCUT2D eigenvalue weighted by Gasteiger charge is -2.28. The number of rotatable bonds is 12. The van der Waals surface area contributed by atoms with Crippen LogP contribution in [0.2, 0.25) is 0 Å². The third kappa shape index (κ3) is 14.3. The quantitative estimate of drug-likeness (QED) is 0.103. The summed E-state index contributed by atoms with van der Waals surface area (Å²) in [7, 11) is 0. The molecule has 0 aliphatic heterocycles. The van der Waals surface area contributed by atoms with Crippen LogP contribution in [0.5, 0.6) is 0 Å². The fraction of sp³-hybridized carbons (Fsp3) is 0.727. The van der Waals surface area contributed by atoms with Crippen LogP contribution in [0.15, 0.2) is 28.6 Å². The Morgan fingerprint density at radius 1 is 0.944 bits per heavy atom. The van der Waals surface area contributed by atoms with Crippen molar-refractivity contribution in [3.8, 4) is 0 Å². The van der Waals surface area contributed by atoms with Crippen molar-refractivity contribution in [1.29, 1.82) is 0 Å². The Hall–Kier alpha value is -3.19. The molecule has 0 atom stereocenters. The van der Waals surface area contributed by atoms with Gasteiger partial charge in [0.05, 0.1) is 46.2 Å². The SMILES string of the molecule is CC(C)(C)OC(=O)/N=C(\N(CCOCCOCCOCCN=[N+]=[N-])C(=O)OC(C)(C)C)n1cccn1. The summed E-state index contributed by atoms with van der Waals surface area (Å²) in [6.07, 6.45) is 1.44. The molecular weight excluding hydrogens is 474 g/mol. The molecule has 14 nitrogen and oxygen atoms in total. The average molecular weight is 512 g/mol. The first kappa shape index (κ1) is 30.8. The third-order valence-corrected chi connectivity index (χ3v) is 3.75. The summed E-state index contributed by atoms with van der Waals surface area (Å²) in [6, 6.07) is 1.63. The van der Waals surface area contributed by atoms with Crippen molar-refractivity contribution in [2.45, 2.75) is 52.7 Å². The van der Waals surface area contributed by atoms with Gasteiger partial charge in [0, 0.05) is 23.9 Å². The normalized spacial score (nSPS) is 12.1. The Kier molecular flexibility index (Phi) is 13.5. The number of hydrogen-bond donors (Lipinski definition) is 0. The second kappa shape index (κ2) is 15.7. The number of carbonyl (C=O) groups is 2. The van der Waals surface area contributed by atoms with Crippen molar-refractivity contribution in [3.63, 3.8) is 0 Å². The lowest BCUT2D eigenvalue weighted by molar-refractivity contribution is 0.00915. The summed E-state index contributed by atoms with van der Waals surface area (Å²) in [5.74, 6) is -0.0822. The zero-order valence-corrected chi connectivity index (χ0v) is 21.9. The van der Waals surface area contributed by atoms with Crippen LogP contribution < -0.4 is 0 Å². The van der Waals surface area contributed by atoms with Gasteiger partial charge in [-0.3, -0.25) is 0 Å². The maximum Gasteiger partial charge on any atom is 0.437 e. The van der Waals surface area contributed by atoms with E-state index in [2.05, 4.69) is 20.1 Å². The van der Waals surface area contributed by atoms with E-state index in [1.165, 1.54) is 15.8 Å². The number of aromatic nitrogens is 2. The zero-order valence-electron chi connectivity index (χ0n) is 21.9. The molecule has 0 spiro atoms. The highest BCUT2D eigenvalue weighted by Crippen LogP contribution is 2.13. The molecule has 0 aliphatic carbocycles. The molecule has 0 aromatic carbocycles. The largest absolute Gasteiger partial charge is 0.443 e. The Labute approximate surface area is 211 Å². The van der Waals surface area contributed by atoms with Crippen LogP contribution in [0, 0.1) is 0 Å². The summed E-state index contributed by atoms with van der Waals surface area (Å²) >= 11 is 0. The second-order valence-electron chi connectivity index (χ2n) is 9.27. The van der Waals surface area contributed by atoms with E-state index in [1.807, 2.05) is 0 Å². The molecule has 0 saturated heterocycles. The van der Waals surface area contributed by atoms with E-state index in [9.17, 15) is 9.59 Å². The summed E-state index contributed by atoms with van der Waals surface area (Å²) in [6.45, 7) is 12.4. The molecule has 1 aromatic heterocycles. The van der Waals surface area contributed by atoms with Crippen LogP contribution in [-0.4, -0.2) is 96.8 Å². The van der Waals surface area contributed by atoms with Crippen molar-refractivity contribution < 1.29 is 33.3 Å². The number of azide groups is 1. The molecule has 1 rings (SSSR count). The van der Waals surface area contributed by atoms with E-state index >= 15 is 0 Å². The van der Waals surface area contributed by atoms with E-state index in [1.54, 1.807) is 53.8 Å². The lowest BCUT2D eigenvalue weighted by Crippen LogP contribution is -2.46. The van der Waals surface area contributed by atoms with Gasteiger partial charge < -0.3 is 23.7 Å². The number of ether oxygens (including phenoxy) is 5. The van der Waals surface area contributed by atoms with Gasteiger partial charge in [-0.05, 0) is 53.1 Å². The molecule has 0 N–H and O–H groups in total. The summed E-state index contributed by atoms with van der Waals surface area (Å²) in [4.78, 5) is 33.2. The highest BCUT2D eigenvalue weighted by molar-refractivity contribution is 5.99. The predicted octanol–water partition coefficient (Wildman–Crippen LogP) is 3.62. The van der Waals surface area contributed by atoms with E-state index in [4.69, 9.17) is 29.2 Å². The maximum absolute atomic E-state index is 13.0. The van der Waals surface area contributed by atoms with Gasteiger partial charge in [-0.15, -0.1) is 4.99 Å². The Balaban J connectivity index is 2.75. The molecule has 36 heavy (non-hydrogen) atoms. The molecule has 0 radical (unpaired) electrons. The summed E-state index contributed by atoms with van der Waals surface area (Å²) < 4.78 is 28.3. The molecular formula is C22H37N7O7. The molecule has 0 bridgehead atoms. The van der Waals surface area contributed by atoms with Crippen molar-refractivity contribution in [3.05, 3.63) is 28.9 Å². The van der Waals surface area contributed by atoms with Crippen molar-refractivity contribution in [1.82, 2.24) is 14.7 Å². The zero-order chi connectivity index (χ0) is 27.0. The molecule has 14 heteroatoms. The van der Waals surface area contributed by atoms with Crippen LogP contribution in [0.3, 0.4) is 0 Å². The average Bonchev–Trinajstić information content (AvgIpc) is 3.28. The summed E-state index contributed by atoms with van der Waals surface area (Å²) in [5, 5.41) is 7.47. The first-order chi connectivity index (χ1) is 16.9. The summed E-state index contributed by atoms with van der Waals surface area (Å²) in [5.41, 5.74) is 6.63. The molecule has 1 aromatic rings. The Morgan fingerprint density at radius 3 is 2.06 bits per heavy atom. The van der Waals surface area contributed by atoms with Crippen molar-refractivity contribution >= 4 is 18.1 Å². The van der Waals surface area contributed by atoms with E-state index in [0.29, 0.717) is 26.4 Å². The van der Waals surface area contributed by atoms with Gasteiger partial charge in [-0.25, -0.2) is 19.2 Å². The predicted molar refractivity (Wildman–Crippen MR) is 131 cm³/mol. The Morgan fingerprint density at radius 2 is 1.53 bits per heavy atom.